The highest BCUT2D eigenvalue weighted by atomic mass is 16.2. The van der Waals surface area contributed by atoms with Gasteiger partial charge in [-0.3, -0.25) is 15.0 Å². The van der Waals surface area contributed by atoms with Crippen molar-refractivity contribution in [2.75, 3.05) is 32.7 Å². The predicted molar refractivity (Wildman–Crippen MR) is 108 cm³/mol. The Balaban J connectivity index is 1.75. The minimum atomic E-state index is -0.127. The summed E-state index contributed by atoms with van der Waals surface area (Å²) in [4.78, 5) is 25.9. The molecule has 1 aliphatic heterocycles. The Hall–Kier alpha value is -2.34. The molecule has 0 bridgehead atoms. The van der Waals surface area contributed by atoms with Crippen LogP contribution in [0.1, 0.15) is 45.1 Å². The van der Waals surface area contributed by atoms with Crippen molar-refractivity contribution in [2.24, 2.45) is 0 Å². The third-order valence-corrected chi connectivity index (χ3v) is 4.66. The van der Waals surface area contributed by atoms with Crippen LogP contribution in [0.15, 0.2) is 36.4 Å². The first kappa shape index (κ1) is 21.0. The molecule has 3 N–H and O–H groups in total. The van der Waals surface area contributed by atoms with Gasteiger partial charge in [-0.1, -0.05) is 44.2 Å². The summed E-state index contributed by atoms with van der Waals surface area (Å²) in [6.07, 6.45) is 5.49. The average molecular weight is 374 g/mol. The van der Waals surface area contributed by atoms with Crippen LogP contribution >= 0.6 is 0 Å². The third kappa shape index (κ3) is 7.06. The minimum absolute atomic E-state index is 0.0312. The van der Waals surface area contributed by atoms with Crippen molar-refractivity contribution in [2.45, 2.75) is 39.5 Å². The van der Waals surface area contributed by atoms with Crippen molar-refractivity contribution in [3.05, 3.63) is 42.0 Å². The van der Waals surface area contributed by atoms with E-state index in [9.17, 15) is 9.59 Å². The minimum Gasteiger partial charge on any atom is -0.354 e. The van der Waals surface area contributed by atoms with Crippen LogP contribution in [0.3, 0.4) is 0 Å². The molecule has 2 rings (SSSR count). The topological polar surface area (TPSA) is 65.9 Å². The van der Waals surface area contributed by atoms with Crippen LogP contribution in [-0.4, -0.2) is 49.5 Å². The molecule has 2 amide bonds. The molecular weight excluding hydrogens is 340 g/mol. The Morgan fingerprint density at radius 2 is 1.85 bits per heavy atom. The predicted octanol–water partition coefficient (Wildman–Crippen LogP) is 0.976. The van der Waals surface area contributed by atoms with Gasteiger partial charge in [-0.25, -0.2) is 5.01 Å². The van der Waals surface area contributed by atoms with E-state index >= 15 is 0 Å². The van der Waals surface area contributed by atoms with Gasteiger partial charge in [0.2, 0.25) is 11.8 Å². The van der Waals surface area contributed by atoms with Crippen LogP contribution in [0.2, 0.25) is 0 Å². The zero-order chi connectivity index (χ0) is 19.5. The Morgan fingerprint density at radius 1 is 1.15 bits per heavy atom. The maximum atomic E-state index is 12.2. The fourth-order valence-electron chi connectivity index (χ4n) is 3.33. The smallest absolute Gasteiger partial charge is 0.245 e. The number of rotatable bonds is 11. The van der Waals surface area contributed by atoms with Gasteiger partial charge >= 0.3 is 0 Å². The summed E-state index contributed by atoms with van der Waals surface area (Å²) in [5.41, 5.74) is 4.94. The van der Waals surface area contributed by atoms with Crippen molar-refractivity contribution in [1.29, 1.82) is 0 Å². The van der Waals surface area contributed by atoms with Gasteiger partial charge < -0.3 is 10.2 Å². The van der Waals surface area contributed by atoms with Gasteiger partial charge in [0.1, 0.15) is 6.54 Å². The van der Waals surface area contributed by atoms with E-state index in [1.807, 2.05) is 36.4 Å². The maximum absolute atomic E-state index is 12.2. The number of carbonyl (C=O) groups is 2. The number of carbonyl (C=O) groups excluding carboxylic acids is 2. The second-order valence-corrected chi connectivity index (χ2v) is 6.98. The molecule has 1 heterocycles. The van der Waals surface area contributed by atoms with Crippen molar-refractivity contribution < 1.29 is 14.5 Å². The Bertz CT molecular complexity index is 624. The number of amides is 2. The molecule has 148 valence electrons. The van der Waals surface area contributed by atoms with Crippen LogP contribution < -0.4 is 15.6 Å². The number of nitrogens with one attached hydrogen (secondary N) is 3. The van der Waals surface area contributed by atoms with Gasteiger partial charge in [-0.15, -0.1) is 0 Å². The highest BCUT2D eigenvalue weighted by Crippen LogP contribution is 2.16. The number of hydrogen-bond donors (Lipinski definition) is 3. The summed E-state index contributed by atoms with van der Waals surface area (Å²) in [5, 5.41) is 4.35. The van der Waals surface area contributed by atoms with Crippen LogP contribution in [0, 0.1) is 0 Å². The van der Waals surface area contributed by atoms with Crippen molar-refractivity contribution >= 4 is 17.5 Å². The molecule has 0 aromatic heterocycles. The fraction of sp³-hybridized carbons (Fsp3) is 0.524. The molecule has 1 aromatic rings. The number of quaternary nitrogens is 1. The van der Waals surface area contributed by atoms with Gasteiger partial charge in [0.15, 0.2) is 0 Å². The molecule has 0 radical (unpaired) electrons. The molecule has 0 spiro atoms. The van der Waals surface area contributed by atoms with Gasteiger partial charge in [-0.05, 0) is 24.5 Å². The fourth-order valence-corrected chi connectivity index (χ4v) is 3.33. The molecule has 0 atom stereocenters. The number of hydrogen-bond acceptors (Lipinski definition) is 3. The SMILES string of the molecule is CCC[NH+](CCC)CCCNC(=O)CN1NC(c2ccccc2)=CCC1=O. The monoisotopic (exact) mass is 373 g/mol. The van der Waals surface area contributed by atoms with Crippen molar-refractivity contribution in [3.63, 3.8) is 0 Å². The molecule has 0 unspecified atom stereocenters. The van der Waals surface area contributed by atoms with E-state index in [-0.39, 0.29) is 18.4 Å². The lowest BCUT2D eigenvalue weighted by Gasteiger charge is -2.28. The van der Waals surface area contributed by atoms with Gasteiger partial charge in [0.05, 0.1) is 25.3 Å². The molecule has 0 aliphatic carbocycles. The highest BCUT2D eigenvalue weighted by Gasteiger charge is 2.21. The van der Waals surface area contributed by atoms with Gasteiger partial charge in [0.25, 0.3) is 0 Å². The van der Waals surface area contributed by atoms with Crippen LogP contribution in [0.4, 0.5) is 0 Å². The van der Waals surface area contributed by atoms with Crippen molar-refractivity contribution in [1.82, 2.24) is 15.8 Å². The third-order valence-electron chi connectivity index (χ3n) is 4.66. The van der Waals surface area contributed by atoms with E-state index in [0.29, 0.717) is 13.0 Å². The van der Waals surface area contributed by atoms with E-state index < -0.39 is 0 Å². The largest absolute Gasteiger partial charge is 0.354 e. The molecule has 1 aliphatic rings. The molecule has 0 saturated heterocycles. The maximum Gasteiger partial charge on any atom is 0.245 e. The zero-order valence-corrected chi connectivity index (χ0v) is 16.6. The molecular formula is C21H33N4O2+. The number of nitrogens with zero attached hydrogens (tertiary/aromatic N) is 1. The summed E-state index contributed by atoms with van der Waals surface area (Å²) in [5.74, 6) is -0.218. The Labute approximate surface area is 162 Å². The zero-order valence-electron chi connectivity index (χ0n) is 16.6. The second kappa shape index (κ2) is 11.4. The summed E-state index contributed by atoms with van der Waals surface area (Å²) in [6, 6.07) is 9.82. The average Bonchev–Trinajstić information content (AvgIpc) is 2.68. The van der Waals surface area contributed by atoms with E-state index in [2.05, 4.69) is 24.6 Å². The standard InChI is InChI=1S/C21H32N4O2/c1-3-14-24(15-4-2)16-8-13-22-20(26)17-25-21(27)12-11-19(23-25)18-9-6-5-7-10-18/h5-7,9-11,23H,3-4,8,12-17H2,1-2H3,(H,22,26)/p+1. The lowest BCUT2D eigenvalue weighted by atomic mass is 10.1. The van der Waals surface area contributed by atoms with Gasteiger partial charge in [0, 0.05) is 19.4 Å². The molecule has 6 heteroatoms. The number of benzene rings is 1. The highest BCUT2D eigenvalue weighted by molar-refractivity contribution is 5.88. The Kier molecular flexibility index (Phi) is 8.84. The van der Waals surface area contributed by atoms with Crippen LogP contribution in [0.25, 0.3) is 5.70 Å². The van der Waals surface area contributed by atoms with Crippen molar-refractivity contribution in [3.8, 4) is 0 Å². The van der Waals surface area contributed by atoms with E-state index in [0.717, 1.165) is 24.2 Å². The first-order chi connectivity index (χ1) is 13.1. The Morgan fingerprint density at radius 3 is 2.52 bits per heavy atom. The van der Waals surface area contributed by atoms with E-state index in [1.165, 1.54) is 30.9 Å². The second-order valence-electron chi connectivity index (χ2n) is 6.98. The lowest BCUT2D eigenvalue weighted by molar-refractivity contribution is -0.900. The van der Waals surface area contributed by atoms with E-state index in [1.54, 1.807) is 4.90 Å². The lowest BCUT2D eigenvalue weighted by Crippen LogP contribution is -3.12. The van der Waals surface area contributed by atoms with Crippen LogP contribution in [0.5, 0.6) is 0 Å². The molecule has 27 heavy (non-hydrogen) atoms. The summed E-state index contributed by atoms with van der Waals surface area (Å²) >= 11 is 0. The molecule has 6 nitrogen and oxygen atoms in total. The first-order valence-corrected chi connectivity index (χ1v) is 10.1. The normalized spacial score (nSPS) is 14.1. The number of hydrazine groups is 1. The summed E-state index contributed by atoms with van der Waals surface area (Å²) in [6.45, 7) is 8.54. The molecule has 1 aromatic carbocycles. The first-order valence-electron chi connectivity index (χ1n) is 10.1. The van der Waals surface area contributed by atoms with Gasteiger partial charge in [-0.2, -0.15) is 0 Å². The van der Waals surface area contributed by atoms with Crippen LogP contribution in [-0.2, 0) is 9.59 Å². The molecule has 0 fully saturated rings. The molecule has 0 saturated carbocycles. The van der Waals surface area contributed by atoms with E-state index in [4.69, 9.17) is 0 Å². The summed E-state index contributed by atoms with van der Waals surface area (Å²) < 4.78 is 0. The quantitative estimate of drug-likeness (QED) is 0.507. The summed E-state index contributed by atoms with van der Waals surface area (Å²) in [7, 11) is 0.